The second-order valence-electron chi connectivity index (χ2n) is 4.21. The van der Waals surface area contributed by atoms with E-state index in [2.05, 4.69) is 10.6 Å². The molecule has 1 heterocycles. The highest BCUT2D eigenvalue weighted by atomic mass is 35.5. The van der Waals surface area contributed by atoms with Crippen molar-refractivity contribution in [1.82, 2.24) is 5.32 Å². The zero-order valence-corrected chi connectivity index (χ0v) is 10.3. The summed E-state index contributed by atoms with van der Waals surface area (Å²) in [7, 11) is 0. The van der Waals surface area contributed by atoms with Crippen LogP contribution in [0, 0.1) is 15.9 Å². The molecule has 1 unspecified atom stereocenters. The minimum atomic E-state index is -0.663. The van der Waals surface area contributed by atoms with E-state index in [9.17, 15) is 14.5 Å². The summed E-state index contributed by atoms with van der Waals surface area (Å²) in [4.78, 5) is 10.3. The number of benzene rings is 1. The van der Waals surface area contributed by atoms with E-state index < -0.39 is 10.7 Å². The molecule has 0 spiro atoms. The topological polar surface area (TPSA) is 67.2 Å². The van der Waals surface area contributed by atoms with Crippen LogP contribution >= 0.6 is 11.6 Å². The van der Waals surface area contributed by atoms with Gasteiger partial charge in [0.05, 0.1) is 9.95 Å². The number of nitrogens with one attached hydrogen (secondary N) is 2. The van der Waals surface area contributed by atoms with Crippen molar-refractivity contribution in [1.29, 1.82) is 0 Å². The van der Waals surface area contributed by atoms with E-state index in [1.165, 1.54) is 0 Å². The van der Waals surface area contributed by atoms with Crippen LogP contribution in [-0.4, -0.2) is 24.1 Å². The lowest BCUT2D eigenvalue weighted by molar-refractivity contribution is -0.384. The van der Waals surface area contributed by atoms with Crippen molar-refractivity contribution >= 4 is 23.0 Å². The third-order valence-corrected chi connectivity index (χ3v) is 3.23. The highest BCUT2D eigenvalue weighted by molar-refractivity contribution is 6.31. The summed E-state index contributed by atoms with van der Waals surface area (Å²) in [5.41, 5.74) is -0.0463. The highest BCUT2D eigenvalue weighted by Gasteiger charge is 2.19. The number of nitro groups is 1. The Hall–Kier alpha value is -1.40. The SMILES string of the molecule is O=[N+]([O-])c1cc(Cl)c(F)cc1NCC1CCCN1. The van der Waals surface area contributed by atoms with Gasteiger partial charge >= 0.3 is 0 Å². The molecule has 1 aromatic rings. The van der Waals surface area contributed by atoms with Gasteiger partial charge in [-0.05, 0) is 19.4 Å². The van der Waals surface area contributed by atoms with Crippen molar-refractivity contribution in [2.45, 2.75) is 18.9 Å². The fraction of sp³-hybridized carbons (Fsp3) is 0.455. The Bertz CT molecular complexity index is 464. The minimum Gasteiger partial charge on any atom is -0.378 e. The molecule has 0 amide bonds. The molecule has 1 aliphatic heterocycles. The van der Waals surface area contributed by atoms with E-state index >= 15 is 0 Å². The average Bonchev–Trinajstić information content (AvgIpc) is 2.83. The van der Waals surface area contributed by atoms with E-state index in [1.807, 2.05) is 0 Å². The van der Waals surface area contributed by atoms with Crippen LogP contribution in [0.25, 0.3) is 0 Å². The smallest absolute Gasteiger partial charge is 0.294 e. The van der Waals surface area contributed by atoms with E-state index in [0.29, 0.717) is 6.54 Å². The maximum Gasteiger partial charge on any atom is 0.294 e. The van der Waals surface area contributed by atoms with Gasteiger partial charge in [0.25, 0.3) is 5.69 Å². The van der Waals surface area contributed by atoms with Gasteiger partial charge in [-0.2, -0.15) is 0 Å². The predicted molar refractivity (Wildman–Crippen MR) is 67.6 cm³/mol. The van der Waals surface area contributed by atoms with Gasteiger partial charge in [-0.1, -0.05) is 11.6 Å². The number of anilines is 1. The number of rotatable bonds is 4. The number of nitrogens with zero attached hydrogens (tertiary/aromatic N) is 1. The summed E-state index contributed by atoms with van der Waals surface area (Å²) in [6.07, 6.45) is 2.10. The molecule has 0 radical (unpaired) electrons. The Labute approximate surface area is 108 Å². The molecule has 1 aromatic carbocycles. The summed E-state index contributed by atoms with van der Waals surface area (Å²) in [5, 5.41) is 16.8. The first kappa shape index (κ1) is 13.0. The maximum atomic E-state index is 13.3. The molecule has 1 saturated heterocycles. The van der Waals surface area contributed by atoms with E-state index in [0.717, 1.165) is 31.5 Å². The molecule has 2 N–H and O–H groups in total. The van der Waals surface area contributed by atoms with Crippen LogP contribution in [0.1, 0.15) is 12.8 Å². The summed E-state index contributed by atoms with van der Waals surface area (Å²) in [5.74, 6) is -0.663. The number of halogens is 2. The molecular formula is C11H13ClFN3O2. The fourth-order valence-electron chi connectivity index (χ4n) is 1.99. The summed E-state index contributed by atoms with van der Waals surface area (Å²) in [6, 6.07) is 2.36. The average molecular weight is 274 g/mol. The third-order valence-electron chi connectivity index (χ3n) is 2.94. The van der Waals surface area contributed by atoms with Crippen molar-refractivity contribution < 1.29 is 9.31 Å². The zero-order chi connectivity index (χ0) is 13.1. The summed E-state index contributed by atoms with van der Waals surface area (Å²) in [6.45, 7) is 1.48. The lowest BCUT2D eigenvalue weighted by atomic mass is 10.2. The normalized spacial score (nSPS) is 18.9. The monoisotopic (exact) mass is 273 g/mol. The minimum absolute atomic E-state index is 0.163. The van der Waals surface area contributed by atoms with Crippen LogP contribution in [0.5, 0.6) is 0 Å². The van der Waals surface area contributed by atoms with Gasteiger partial charge in [0, 0.05) is 24.7 Å². The van der Waals surface area contributed by atoms with Gasteiger partial charge in [0.15, 0.2) is 0 Å². The quantitative estimate of drug-likeness (QED) is 0.653. The maximum absolute atomic E-state index is 13.3. The van der Waals surface area contributed by atoms with Gasteiger partial charge in [0.2, 0.25) is 0 Å². The van der Waals surface area contributed by atoms with Crippen molar-refractivity contribution in [2.75, 3.05) is 18.4 Å². The molecule has 98 valence electrons. The van der Waals surface area contributed by atoms with Gasteiger partial charge < -0.3 is 10.6 Å². The Balaban J connectivity index is 2.14. The first-order valence-electron chi connectivity index (χ1n) is 5.68. The first-order valence-corrected chi connectivity index (χ1v) is 6.06. The third kappa shape index (κ3) is 2.88. The van der Waals surface area contributed by atoms with E-state index in [4.69, 9.17) is 11.6 Å². The molecule has 1 aliphatic rings. The Morgan fingerprint density at radius 1 is 1.61 bits per heavy atom. The molecule has 0 aromatic heterocycles. The van der Waals surface area contributed by atoms with Crippen LogP contribution in [0.3, 0.4) is 0 Å². The summed E-state index contributed by atoms with van der Waals surface area (Å²) >= 11 is 5.54. The molecule has 0 aliphatic carbocycles. The first-order chi connectivity index (χ1) is 8.58. The lowest BCUT2D eigenvalue weighted by Crippen LogP contribution is -2.29. The lowest BCUT2D eigenvalue weighted by Gasteiger charge is -2.13. The van der Waals surface area contributed by atoms with Gasteiger partial charge in [-0.15, -0.1) is 0 Å². The molecule has 1 fully saturated rings. The van der Waals surface area contributed by atoms with Crippen LogP contribution in [0.4, 0.5) is 15.8 Å². The van der Waals surface area contributed by atoms with Crippen LogP contribution in [0.15, 0.2) is 12.1 Å². The van der Waals surface area contributed by atoms with E-state index in [1.54, 1.807) is 0 Å². The highest BCUT2D eigenvalue weighted by Crippen LogP contribution is 2.30. The molecule has 18 heavy (non-hydrogen) atoms. The number of hydrogen-bond acceptors (Lipinski definition) is 4. The molecule has 0 saturated carbocycles. The Morgan fingerprint density at radius 3 is 3.00 bits per heavy atom. The zero-order valence-electron chi connectivity index (χ0n) is 9.58. The largest absolute Gasteiger partial charge is 0.378 e. The molecule has 5 nitrogen and oxygen atoms in total. The molecular weight excluding hydrogens is 261 g/mol. The van der Waals surface area contributed by atoms with Crippen LogP contribution in [-0.2, 0) is 0 Å². The second kappa shape index (κ2) is 5.49. The van der Waals surface area contributed by atoms with E-state index in [-0.39, 0.29) is 22.4 Å². The van der Waals surface area contributed by atoms with Gasteiger partial charge in [-0.25, -0.2) is 4.39 Å². The van der Waals surface area contributed by atoms with Gasteiger partial charge in [-0.3, -0.25) is 10.1 Å². The Morgan fingerprint density at radius 2 is 2.39 bits per heavy atom. The van der Waals surface area contributed by atoms with Crippen molar-refractivity contribution in [3.05, 3.63) is 33.1 Å². The molecule has 2 rings (SSSR count). The summed E-state index contributed by atoms with van der Waals surface area (Å²) < 4.78 is 13.3. The van der Waals surface area contributed by atoms with Crippen molar-refractivity contribution in [3.63, 3.8) is 0 Å². The molecule has 1 atom stereocenters. The van der Waals surface area contributed by atoms with Crippen molar-refractivity contribution in [3.8, 4) is 0 Å². The predicted octanol–water partition coefficient (Wildman–Crippen LogP) is 2.55. The molecule has 0 bridgehead atoms. The van der Waals surface area contributed by atoms with Crippen LogP contribution < -0.4 is 10.6 Å². The molecule has 7 heteroatoms. The number of nitro benzene ring substituents is 1. The number of hydrogen-bond donors (Lipinski definition) is 2. The van der Waals surface area contributed by atoms with Crippen molar-refractivity contribution in [2.24, 2.45) is 0 Å². The standard InChI is InChI=1S/C11H13ClFN3O2/c12-8-4-11(16(17)18)10(5-9(8)13)15-6-7-2-1-3-14-7/h4-5,7,14-15H,1-3,6H2. The van der Waals surface area contributed by atoms with Crippen LogP contribution in [0.2, 0.25) is 5.02 Å². The fourth-order valence-corrected chi connectivity index (χ4v) is 2.15. The Kier molecular flexibility index (Phi) is 3.98. The van der Waals surface area contributed by atoms with Gasteiger partial charge in [0.1, 0.15) is 11.5 Å². The second-order valence-corrected chi connectivity index (χ2v) is 4.62.